The number of benzene rings is 6. The monoisotopic (exact) mass is 579 g/mol. The van der Waals surface area contributed by atoms with Gasteiger partial charge in [0.2, 0.25) is 0 Å². The van der Waals surface area contributed by atoms with E-state index in [0.29, 0.717) is 0 Å². The van der Waals surface area contributed by atoms with Gasteiger partial charge >= 0.3 is 0 Å². The Balaban J connectivity index is 1.19. The van der Waals surface area contributed by atoms with Crippen molar-refractivity contribution in [3.63, 3.8) is 0 Å². The number of hydrogen-bond donors (Lipinski definition) is 0. The number of nitrogens with zero attached hydrogens (tertiary/aromatic N) is 1. The predicted octanol–water partition coefficient (Wildman–Crippen LogP) is 12.2. The summed E-state index contributed by atoms with van der Waals surface area (Å²) in [4.78, 5) is 2.34. The molecule has 0 aliphatic heterocycles. The number of allylic oxidation sites excluding steroid dienone is 4. The Bertz CT molecular complexity index is 2170. The molecule has 1 heterocycles. The van der Waals surface area contributed by atoms with E-state index >= 15 is 0 Å². The molecule has 1 atom stereocenters. The van der Waals surface area contributed by atoms with E-state index in [1.54, 1.807) is 0 Å². The zero-order valence-corrected chi connectivity index (χ0v) is 25.2. The minimum absolute atomic E-state index is 0.00869. The summed E-state index contributed by atoms with van der Waals surface area (Å²) >= 11 is 0. The molecular weight excluding hydrogens is 546 g/mol. The molecule has 1 unspecified atom stereocenters. The molecule has 2 nitrogen and oxygen atoms in total. The van der Waals surface area contributed by atoms with Crippen LogP contribution < -0.4 is 4.90 Å². The maximum absolute atomic E-state index is 6.35. The van der Waals surface area contributed by atoms with Gasteiger partial charge in [0.25, 0.3) is 0 Å². The first kappa shape index (κ1) is 27.0. The van der Waals surface area contributed by atoms with Crippen LogP contribution in [0.4, 0.5) is 17.1 Å². The molecule has 1 aromatic heterocycles. The van der Waals surface area contributed by atoms with Crippen LogP contribution in [0.25, 0.3) is 44.2 Å². The van der Waals surface area contributed by atoms with Crippen LogP contribution in [-0.4, -0.2) is 0 Å². The maximum Gasteiger partial charge on any atom is 0.143 e. The van der Waals surface area contributed by atoms with Gasteiger partial charge in [0.15, 0.2) is 0 Å². The largest absolute Gasteiger partial charge is 0.455 e. The third-order valence-electron chi connectivity index (χ3n) is 9.11. The third kappa shape index (κ3) is 4.95. The van der Waals surface area contributed by atoms with Crippen LogP contribution >= 0.6 is 0 Å². The number of anilines is 3. The second kappa shape index (κ2) is 11.2. The fraction of sp³-hybridized carbons (Fsp3) is 0.0698. The summed E-state index contributed by atoms with van der Waals surface area (Å²) in [6.45, 7) is 2.31. The molecule has 216 valence electrons. The van der Waals surface area contributed by atoms with Gasteiger partial charge in [0.1, 0.15) is 11.2 Å². The zero-order valence-electron chi connectivity index (χ0n) is 25.2. The van der Waals surface area contributed by atoms with Crippen molar-refractivity contribution in [3.05, 3.63) is 175 Å². The number of fused-ring (bicyclic) bond motifs is 3. The second-order valence-corrected chi connectivity index (χ2v) is 12.0. The highest BCUT2D eigenvalue weighted by atomic mass is 16.3. The van der Waals surface area contributed by atoms with Crippen molar-refractivity contribution in [2.45, 2.75) is 18.8 Å². The van der Waals surface area contributed by atoms with E-state index in [1.807, 2.05) is 12.1 Å². The number of furan rings is 1. The first-order valence-corrected chi connectivity index (χ1v) is 15.6. The normalized spacial score (nSPS) is 15.9. The Morgan fingerprint density at radius 2 is 1.13 bits per heavy atom. The highest BCUT2D eigenvalue weighted by Gasteiger charge is 2.24. The minimum Gasteiger partial charge on any atom is -0.455 e. The molecule has 45 heavy (non-hydrogen) atoms. The van der Waals surface area contributed by atoms with Gasteiger partial charge in [-0.1, -0.05) is 134 Å². The third-order valence-corrected chi connectivity index (χ3v) is 9.11. The van der Waals surface area contributed by atoms with E-state index in [1.165, 1.54) is 16.7 Å². The maximum atomic E-state index is 6.35. The van der Waals surface area contributed by atoms with Crippen LogP contribution in [0.2, 0.25) is 0 Å². The van der Waals surface area contributed by atoms with Crippen molar-refractivity contribution >= 4 is 39.0 Å². The zero-order chi connectivity index (χ0) is 30.2. The number of para-hydroxylation sites is 2. The van der Waals surface area contributed by atoms with E-state index < -0.39 is 0 Å². The van der Waals surface area contributed by atoms with E-state index in [-0.39, 0.29) is 5.41 Å². The highest BCUT2D eigenvalue weighted by Crippen LogP contribution is 2.40. The summed E-state index contributed by atoms with van der Waals surface area (Å²) in [5.41, 5.74) is 11.1. The van der Waals surface area contributed by atoms with Crippen molar-refractivity contribution < 1.29 is 4.42 Å². The van der Waals surface area contributed by atoms with Crippen molar-refractivity contribution in [1.82, 2.24) is 0 Å². The van der Waals surface area contributed by atoms with Gasteiger partial charge in [-0.25, -0.2) is 0 Å². The summed E-state index contributed by atoms with van der Waals surface area (Å²) in [5.74, 6) is 0. The van der Waals surface area contributed by atoms with Crippen molar-refractivity contribution in [1.29, 1.82) is 0 Å². The average molecular weight is 580 g/mol. The quantitative estimate of drug-likeness (QED) is 0.195. The van der Waals surface area contributed by atoms with Gasteiger partial charge in [0.05, 0.1) is 0 Å². The molecule has 0 fully saturated rings. The first-order chi connectivity index (χ1) is 22.2. The van der Waals surface area contributed by atoms with Crippen molar-refractivity contribution in [2.75, 3.05) is 4.90 Å². The van der Waals surface area contributed by atoms with Gasteiger partial charge in [-0.15, -0.1) is 0 Å². The lowest BCUT2D eigenvalue weighted by Crippen LogP contribution is -2.19. The predicted molar refractivity (Wildman–Crippen MR) is 190 cm³/mol. The molecule has 0 bridgehead atoms. The van der Waals surface area contributed by atoms with Gasteiger partial charge in [-0.3, -0.25) is 0 Å². The molecule has 7 aromatic rings. The van der Waals surface area contributed by atoms with Gasteiger partial charge < -0.3 is 9.32 Å². The van der Waals surface area contributed by atoms with Crippen LogP contribution in [-0.2, 0) is 5.41 Å². The fourth-order valence-corrected chi connectivity index (χ4v) is 6.58. The van der Waals surface area contributed by atoms with E-state index in [9.17, 15) is 0 Å². The second-order valence-electron chi connectivity index (χ2n) is 12.0. The highest BCUT2D eigenvalue weighted by molar-refractivity contribution is 6.09. The van der Waals surface area contributed by atoms with Gasteiger partial charge in [-0.05, 0) is 71.1 Å². The van der Waals surface area contributed by atoms with Crippen LogP contribution in [0.1, 0.15) is 18.9 Å². The molecule has 2 heteroatoms. The van der Waals surface area contributed by atoms with E-state index in [4.69, 9.17) is 4.42 Å². The Labute approximate surface area is 264 Å². The van der Waals surface area contributed by atoms with E-state index in [0.717, 1.165) is 56.5 Å². The number of rotatable bonds is 6. The lowest BCUT2D eigenvalue weighted by molar-refractivity contribution is 0.600. The van der Waals surface area contributed by atoms with Crippen LogP contribution in [0.3, 0.4) is 0 Å². The van der Waals surface area contributed by atoms with Crippen LogP contribution in [0.15, 0.2) is 174 Å². The Hall–Kier alpha value is -5.60. The lowest BCUT2D eigenvalue weighted by Gasteiger charge is -2.29. The van der Waals surface area contributed by atoms with Crippen LogP contribution in [0.5, 0.6) is 0 Å². The summed E-state index contributed by atoms with van der Waals surface area (Å²) in [6.07, 6.45) is 9.86. The summed E-state index contributed by atoms with van der Waals surface area (Å²) in [6, 6.07) is 52.0. The summed E-state index contributed by atoms with van der Waals surface area (Å²) in [5, 5.41) is 2.29. The molecule has 0 amide bonds. The number of hydrogen-bond acceptors (Lipinski definition) is 2. The standard InChI is InChI=1S/C43H33NO/c1-43(29-8-3-9-30-43)34-21-27-37(28-22-34)44(35-23-17-32(18-24-35)31-11-4-2-5-12-31)36-25-19-33(20-26-36)38-14-10-15-40-39-13-6-7-16-41(39)45-42(38)40/h2-29H,30H2,1H3. The van der Waals surface area contributed by atoms with E-state index in [2.05, 4.69) is 170 Å². The SMILES string of the molecule is CC1(c2ccc(N(c3ccc(-c4ccccc4)cc3)c3ccc(-c4cccc5c4oc4ccccc45)cc3)cc2)C=CC=CC1. The molecule has 0 saturated heterocycles. The molecule has 8 rings (SSSR count). The summed E-state index contributed by atoms with van der Waals surface area (Å²) < 4.78 is 6.35. The molecule has 0 spiro atoms. The molecule has 0 saturated carbocycles. The lowest BCUT2D eigenvalue weighted by atomic mass is 9.77. The first-order valence-electron chi connectivity index (χ1n) is 15.6. The molecule has 0 radical (unpaired) electrons. The van der Waals surface area contributed by atoms with Gasteiger partial charge in [0, 0.05) is 38.8 Å². The van der Waals surface area contributed by atoms with Crippen molar-refractivity contribution in [3.8, 4) is 22.3 Å². The van der Waals surface area contributed by atoms with Crippen molar-refractivity contribution in [2.24, 2.45) is 0 Å². The topological polar surface area (TPSA) is 16.4 Å². The average Bonchev–Trinajstić information content (AvgIpc) is 3.49. The Morgan fingerprint density at radius 1 is 0.533 bits per heavy atom. The molecule has 6 aromatic carbocycles. The molecular formula is C43H33NO. The summed E-state index contributed by atoms with van der Waals surface area (Å²) in [7, 11) is 0. The smallest absolute Gasteiger partial charge is 0.143 e. The van der Waals surface area contributed by atoms with Gasteiger partial charge in [-0.2, -0.15) is 0 Å². The van der Waals surface area contributed by atoms with Crippen LogP contribution in [0, 0.1) is 0 Å². The minimum atomic E-state index is 0.00869. The molecule has 1 aliphatic rings. The molecule has 0 N–H and O–H groups in total. The molecule has 1 aliphatic carbocycles. The fourth-order valence-electron chi connectivity index (χ4n) is 6.58. The Morgan fingerprint density at radius 3 is 1.82 bits per heavy atom. The Kier molecular flexibility index (Phi) is 6.69.